The lowest BCUT2D eigenvalue weighted by Gasteiger charge is -1.91. The highest BCUT2D eigenvalue weighted by Gasteiger charge is 2.01. The molecule has 2 rings (SSSR count). The fraction of sp³-hybridized carbons (Fsp3) is 0.143. The number of nitrogens with two attached hydrogens (primary N) is 1. The van der Waals surface area contributed by atoms with Crippen molar-refractivity contribution in [3.8, 4) is 0 Å². The first-order chi connectivity index (χ1) is 8.49. The molecule has 2 N–H and O–H groups in total. The van der Waals surface area contributed by atoms with Crippen LogP contribution in [0.1, 0.15) is 11.1 Å². The Labute approximate surface area is 106 Å². The molecule has 0 aliphatic rings. The van der Waals surface area contributed by atoms with E-state index in [1.807, 2.05) is 44.2 Å². The van der Waals surface area contributed by atoms with Crippen LogP contribution in [-0.4, -0.2) is 4.92 Å². The number of anilines is 1. The Hall–Kier alpha value is -2.36. The van der Waals surface area contributed by atoms with Crippen LogP contribution in [0.2, 0.25) is 0 Å². The first kappa shape index (κ1) is 13.7. The summed E-state index contributed by atoms with van der Waals surface area (Å²) in [5.74, 6) is 0. The van der Waals surface area contributed by atoms with Crippen LogP contribution >= 0.6 is 0 Å². The molecule has 4 nitrogen and oxygen atoms in total. The molecule has 0 aliphatic carbocycles. The van der Waals surface area contributed by atoms with E-state index < -0.39 is 4.92 Å². The molecular weight excluding hydrogens is 228 g/mol. The average molecular weight is 244 g/mol. The van der Waals surface area contributed by atoms with Crippen molar-refractivity contribution in [3.63, 3.8) is 0 Å². The Kier molecular flexibility index (Phi) is 4.87. The van der Waals surface area contributed by atoms with Crippen molar-refractivity contribution >= 4 is 11.4 Å². The van der Waals surface area contributed by atoms with Crippen LogP contribution in [0, 0.1) is 24.0 Å². The topological polar surface area (TPSA) is 69.2 Å². The number of benzene rings is 2. The van der Waals surface area contributed by atoms with E-state index in [2.05, 4.69) is 0 Å². The number of rotatable bonds is 1. The molecule has 0 saturated heterocycles. The van der Waals surface area contributed by atoms with Crippen molar-refractivity contribution in [1.29, 1.82) is 0 Å². The molecule has 94 valence electrons. The van der Waals surface area contributed by atoms with Gasteiger partial charge in [0, 0.05) is 17.8 Å². The molecule has 0 fully saturated rings. The zero-order valence-corrected chi connectivity index (χ0v) is 10.5. The van der Waals surface area contributed by atoms with Gasteiger partial charge in [0.1, 0.15) is 0 Å². The summed E-state index contributed by atoms with van der Waals surface area (Å²) < 4.78 is 0. The van der Waals surface area contributed by atoms with Gasteiger partial charge < -0.3 is 5.73 Å². The minimum absolute atomic E-state index is 0.153. The molecular formula is C14H16N2O2. The van der Waals surface area contributed by atoms with Crippen molar-refractivity contribution in [2.75, 3.05) is 5.73 Å². The SMILES string of the molecule is Cc1cccc(N)c1.Cc1cccc([N+](=O)[O-])c1. The predicted molar refractivity (Wildman–Crippen MR) is 73.4 cm³/mol. The molecule has 0 saturated carbocycles. The first-order valence-corrected chi connectivity index (χ1v) is 5.52. The second kappa shape index (κ2) is 6.39. The lowest BCUT2D eigenvalue weighted by atomic mass is 10.2. The van der Waals surface area contributed by atoms with Gasteiger partial charge in [-0.15, -0.1) is 0 Å². The van der Waals surface area contributed by atoms with Crippen molar-refractivity contribution in [2.24, 2.45) is 0 Å². The van der Waals surface area contributed by atoms with E-state index in [9.17, 15) is 10.1 Å². The third kappa shape index (κ3) is 4.65. The van der Waals surface area contributed by atoms with Crippen molar-refractivity contribution in [2.45, 2.75) is 13.8 Å². The molecule has 18 heavy (non-hydrogen) atoms. The molecule has 0 spiro atoms. The van der Waals surface area contributed by atoms with E-state index in [4.69, 9.17) is 5.73 Å². The van der Waals surface area contributed by atoms with Crippen LogP contribution in [0.5, 0.6) is 0 Å². The summed E-state index contributed by atoms with van der Waals surface area (Å²) >= 11 is 0. The highest BCUT2D eigenvalue weighted by molar-refractivity contribution is 5.39. The quantitative estimate of drug-likeness (QED) is 0.474. The number of aryl methyl sites for hydroxylation is 2. The molecule has 0 radical (unpaired) electrons. The van der Waals surface area contributed by atoms with Gasteiger partial charge in [-0.1, -0.05) is 24.3 Å². The monoisotopic (exact) mass is 244 g/mol. The average Bonchev–Trinajstić information content (AvgIpc) is 2.29. The number of non-ortho nitro benzene ring substituents is 1. The van der Waals surface area contributed by atoms with Crippen molar-refractivity contribution < 1.29 is 4.92 Å². The second-order valence-electron chi connectivity index (χ2n) is 4.01. The summed E-state index contributed by atoms with van der Waals surface area (Å²) in [6.07, 6.45) is 0. The zero-order valence-electron chi connectivity index (χ0n) is 10.5. The third-order valence-electron chi connectivity index (χ3n) is 2.25. The first-order valence-electron chi connectivity index (χ1n) is 5.52. The van der Waals surface area contributed by atoms with Gasteiger partial charge in [-0.25, -0.2) is 0 Å². The Bertz CT molecular complexity index is 522. The number of hydrogen-bond acceptors (Lipinski definition) is 3. The van der Waals surface area contributed by atoms with Crippen LogP contribution in [0.15, 0.2) is 48.5 Å². The molecule has 0 amide bonds. The van der Waals surface area contributed by atoms with Gasteiger partial charge >= 0.3 is 0 Å². The lowest BCUT2D eigenvalue weighted by molar-refractivity contribution is -0.384. The van der Waals surface area contributed by atoms with E-state index in [0.717, 1.165) is 11.3 Å². The smallest absolute Gasteiger partial charge is 0.269 e. The maximum atomic E-state index is 10.2. The largest absolute Gasteiger partial charge is 0.399 e. The van der Waals surface area contributed by atoms with Crippen LogP contribution in [0.4, 0.5) is 11.4 Å². The summed E-state index contributed by atoms with van der Waals surface area (Å²) in [6.45, 7) is 3.85. The van der Waals surface area contributed by atoms with Crippen LogP contribution in [0.25, 0.3) is 0 Å². The van der Waals surface area contributed by atoms with E-state index >= 15 is 0 Å². The van der Waals surface area contributed by atoms with Crippen LogP contribution in [-0.2, 0) is 0 Å². The zero-order chi connectivity index (χ0) is 13.5. The molecule has 0 atom stereocenters. The fourth-order valence-corrected chi connectivity index (χ4v) is 1.41. The fourth-order valence-electron chi connectivity index (χ4n) is 1.41. The Morgan fingerprint density at radius 2 is 1.56 bits per heavy atom. The van der Waals surface area contributed by atoms with Gasteiger partial charge in [-0.3, -0.25) is 10.1 Å². The van der Waals surface area contributed by atoms with E-state index in [1.165, 1.54) is 11.6 Å². The van der Waals surface area contributed by atoms with Crippen LogP contribution < -0.4 is 5.73 Å². The van der Waals surface area contributed by atoms with Gasteiger partial charge in [-0.05, 0) is 37.1 Å². The minimum Gasteiger partial charge on any atom is -0.399 e. The van der Waals surface area contributed by atoms with Gasteiger partial charge in [0.25, 0.3) is 5.69 Å². The highest BCUT2D eigenvalue weighted by Crippen LogP contribution is 2.11. The summed E-state index contributed by atoms with van der Waals surface area (Å²) in [6, 6.07) is 14.3. The summed E-state index contributed by atoms with van der Waals surface area (Å²) in [7, 11) is 0. The maximum Gasteiger partial charge on any atom is 0.269 e. The molecule has 0 heterocycles. The molecule has 0 aromatic heterocycles. The Morgan fingerprint density at radius 3 is 1.89 bits per heavy atom. The van der Waals surface area contributed by atoms with Gasteiger partial charge in [0.05, 0.1) is 4.92 Å². The minimum atomic E-state index is -0.396. The molecule has 2 aromatic rings. The number of nitro groups is 1. The predicted octanol–water partition coefficient (Wildman–Crippen LogP) is 3.48. The number of nitrogens with zero attached hydrogens (tertiary/aromatic N) is 1. The lowest BCUT2D eigenvalue weighted by Crippen LogP contribution is -1.86. The normalized spacial score (nSPS) is 9.22. The Morgan fingerprint density at radius 1 is 1.00 bits per heavy atom. The molecule has 2 aromatic carbocycles. The Balaban J connectivity index is 0.000000184. The number of hydrogen-bond donors (Lipinski definition) is 1. The third-order valence-corrected chi connectivity index (χ3v) is 2.25. The molecule has 0 unspecified atom stereocenters. The maximum absolute atomic E-state index is 10.2. The summed E-state index contributed by atoms with van der Waals surface area (Å²) in [5.41, 5.74) is 8.57. The highest BCUT2D eigenvalue weighted by atomic mass is 16.6. The molecule has 0 bridgehead atoms. The second-order valence-corrected chi connectivity index (χ2v) is 4.01. The van der Waals surface area contributed by atoms with Gasteiger partial charge in [0.2, 0.25) is 0 Å². The van der Waals surface area contributed by atoms with Crippen molar-refractivity contribution in [3.05, 3.63) is 69.8 Å². The van der Waals surface area contributed by atoms with E-state index in [-0.39, 0.29) is 5.69 Å². The van der Waals surface area contributed by atoms with Crippen LogP contribution in [0.3, 0.4) is 0 Å². The number of nitrogen functional groups attached to an aromatic ring is 1. The standard InChI is InChI=1S/C7H7NO2.C7H9N/c1-6-3-2-4-7(5-6)8(9)10;1-6-3-2-4-7(8)5-6/h2-5H,1H3;2-5H,8H2,1H3. The number of nitro benzene ring substituents is 1. The molecule has 0 aliphatic heterocycles. The van der Waals surface area contributed by atoms with Gasteiger partial charge in [0.15, 0.2) is 0 Å². The van der Waals surface area contributed by atoms with E-state index in [1.54, 1.807) is 12.1 Å². The molecule has 4 heteroatoms. The summed E-state index contributed by atoms with van der Waals surface area (Å²) in [5, 5.41) is 10.2. The summed E-state index contributed by atoms with van der Waals surface area (Å²) in [4.78, 5) is 9.76. The van der Waals surface area contributed by atoms with Crippen molar-refractivity contribution in [1.82, 2.24) is 0 Å². The van der Waals surface area contributed by atoms with Gasteiger partial charge in [-0.2, -0.15) is 0 Å². The van der Waals surface area contributed by atoms with E-state index in [0.29, 0.717) is 0 Å².